The number of hydrogen-bond donors (Lipinski definition) is 2. The second kappa shape index (κ2) is 7.87. The van der Waals surface area contributed by atoms with Crippen molar-refractivity contribution in [3.05, 3.63) is 11.9 Å². The van der Waals surface area contributed by atoms with Gasteiger partial charge in [-0.25, -0.2) is 10.8 Å². The number of anilines is 1. The van der Waals surface area contributed by atoms with Crippen LogP contribution in [0.3, 0.4) is 0 Å². The number of aromatic nitrogens is 2. The molecule has 1 heterocycles. The molecule has 0 aromatic carbocycles. The van der Waals surface area contributed by atoms with E-state index in [1.807, 2.05) is 6.92 Å². The standard InChI is InChI=1S/C13H24N4O/c1-4-6-7-11(5-2)9-18-13-8-12(17-14)15-10(3)16-13/h8,11H,4-7,9,14H2,1-3H3,(H,15,16,17). The van der Waals surface area contributed by atoms with Gasteiger partial charge in [0, 0.05) is 6.07 Å². The number of hydrogen-bond acceptors (Lipinski definition) is 5. The van der Waals surface area contributed by atoms with E-state index in [4.69, 9.17) is 10.6 Å². The Morgan fingerprint density at radius 1 is 1.39 bits per heavy atom. The molecule has 0 radical (unpaired) electrons. The number of nitrogens with zero attached hydrogens (tertiary/aromatic N) is 2. The molecule has 1 aromatic heterocycles. The van der Waals surface area contributed by atoms with Crippen molar-refractivity contribution in [1.29, 1.82) is 0 Å². The van der Waals surface area contributed by atoms with Crippen LogP contribution in [0.25, 0.3) is 0 Å². The minimum atomic E-state index is 0.583. The molecule has 0 saturated carbocycles. The summed E-state index contributed by atoms with van der Waals surface area (Å²) in [7, 11) is 0. The first kappa shape index (κ1) is 14.7. The lowest BCUT2D eigenvalue weighted by Crippen LogP contribution is -2.14. The number of unbranched alkanes of at least 4 members (excludes halogenated alkanes) is 1. The number of rotatable bonds is 8. The van der Waals surface area contributed by atoms with Gasteiger partial charge in [-0.2, -0.15) is 4.98 Å². The number of hydrazine groups is 1. The van der Waals surface area contributed by atoms with Crippen LogP contribution >= 0.6 is 0 Å². The summed E-state index contributed by atoms with van der Waals surface area (Å²) in [5, 5.41) is 0. The van der Waals surface area contributed by atoms with Gasteiger partial charge in [0.25, 0.3) is 0 Å². The Hall–Kier alpha value is -1.36. The molecule has 0 saturated heterocycles. The highest BCUT2D eigenvalue weighted by atomic mass is 16.5. The quantitative estimate of drug-likeness (QED) is 0.549. The van der Waals surface area contributed by atoms with Gasteiger partial charge in [0.2, 0.25) is 5.88 Å². The lowest BCUT2D eigenvalue weighted by molar-refractivity contribution is 0.225. The third-order valence-corrected chi connectivity index (χ3v) is 2.97. The number of nitrogens with one attached hydrogen (secondary N) is 1. The van der Waals surface area contributed by atoms with Crippen LogP contribution in [-0.4, -0.2) is 16.6 Å². The van der Waals surface area contributed by atoms with Crippen LogP contribution < -0.4 is 16.0 Å². The van der Waals surface area contributed by atoms with Crippen LogP contribution in [0.2, 0.25) is 0 Å². The molecule has 102 valence electrons. The molecule has 1 rings (SSSR count). The largest absolute Gasteiger partial charge is 0.477 e. The predicted molar refractivity (Wildman–Crippen MR) is 73.4 cm³/mol. The molecule has 5 nitrogen and oxygen atoms in total. The molecule has 0 aliphatic carbocycles. The topological polar surface area (TPSA) is 73.1 Å². The van der Waals surface area contributed by atoms with Gasteiger partial charge in [0.15, 0.2) is 0 Å². The second-order valence-corrected chi connectivity index (χ2v) is 4.51. The minimum Gasteiger partial charge on any atom is -0.477 e. The van der Waals surface area contributed by atoms with Gasteiger partial charge < -0.3 is 10.2 Å². The summed E-state index contributed by atoms with van der Waals surface area (Å²) in [6.45, 7) is 6.93. The molecule has 1 aromatic rings. The Kier molecular flexibility index (Phi) is 6.43. The van der Waals surface area contributed by atoms with Gasteiger partial charge in [-0.05, 0) is 19.3 Å². The van der Waals surface area contributed by atoms with Gasteiger partial charge in [0.05, 0.1) is 6.61 Å². The maximum absolute atomic E-state index is 5.73. The Morgan fingerprint density at radius 2 is 2.17 bits per heavy atom. The van der Waals surface area contributed by atoms with Gasteiger partial charge >= 0.3 is 0 Å². The van der Waals surface area contributed by atoms with Crippen molar-refractivity contribution in [2.75, 3.05) is 12.0 Å². The van der Waals surface area contributed by atoms with Crippen LogP contribution in [-0.2, 0) is 0 Å². The van der Waals surface area contributed by atoms with E-state index in [1.165, 1.54) is 19.3 Å². The van der Waals surface area contributed by atoms with E-state index in [0.717, 1.165) is 6.42 Å². The maximum atomic E-state index is 5.73. The van der Waals surface area contributed by atoms with E-state index in [9.17, 15) is 0 Å². The maximum Gasteiger partial charge on any atom is 0.218 e. The van der Waals surface area contributed by atoms with Crippen LogP contribution in [0.4, 0.5) is 5.82 Å². The van der Waals surface area contributed by atoms with Crippen LogP contribution in [0.15, 0.2) is 6.07 Å². The molecule has 0 spiro atoms. The molecule has 0 aliphatic heterocycles. The highest BCUT2D eigenvalue weighted by molar-refractivity contribution is 5.36. The summed E-state index contributed by atoms with van der Waals surface area (Å²) in [5.74, 6) is 7.76. The average Bonchev–Trinajstić information content (AvgIpc) is 2.38. The third kappa shape index (κ3) is 4.87. The lowest BCUT2D eigenvalue weighted by atomic mass is 10.0. The number of aryl methyl sites for hydroxylation is 1. The molecule has 1 unspecified atom stereocenters. The smallest absolute Gasteiger partial charge is 0.218 e. The van der Waals surface area contributed by atoms with Crippen molar-refractivity contribution >= 4 is 5.82 Å². The van der Waals surface area contributed by atoms with E-state index >= 15 is 0 Å². The van der Waals surface area contributed by atoms with E-state index in [-0.39, 0.29) is 0 Å². The average molecular weight is 252 g/mol. The second-order valence-electron chi connectivity index (χ2n) is 4.51. The Balaban J connectivity index is 2.53. The molecule has 0 fully saturated rings. The SMILES string of the molecule is CCCCC(CC)COc1cc(NN)nc(C)n1. The molecular weight excluding hydrogens is 228 g/mol. The molecule has 3 N–H and O–H groups in total. The summed E-state index contributed by atoms with van der Waals surface area (Å²) in [6.07, 6.45) is 4.82. The molecule has 5 heteroatoms. The molecule has 0 amide bonds. The normalized spacial score (nSPS) is 12.2. The first-order chi connectivity index (χ1) is 8.69. The van der Waals surface area contributed by atoms with Gasteiger partial charge in [-0.1, -0.05) is 33.1 Å². The fraction of sp³-hybridized carbons (Fsp3) is 0.692. The van der Waals surface area contributed by atoms with Crippen molar-refractivity contribution < 1.29 is 4.74 Å². The zero-order chi connectivity index (χ0) is 13.4. The molecule has 0 aliphatic rings. The Labute approximate surface area is 109 Å². The molecule has 18 heavy (non-hydrogen) atoms. The van der Waals surface area contributed by atoms with E-state index in [0.29, 0.717) is 30.0 Å². The van der Waals surface area contributed by atoms with Crippen molar-refractivity contribution in [3.63, 3.8) is 0 Å². The van der Waals surface area contributed by atoms with Crippen molar-refractivity contribution in [2.24, 2.45) is 11.8 Å². The van der Waals surface area contributed by atoms with Gasteiger partial charge in [0.1, 0.15) is 11.6 Å². The summed E-state index contributed by atoms with van der Waals surface area (Å²) < 4.78 is 5.73. The Bertz CT molecular complexity index is 357. The van der Waals surface area contributed by atoms with E-state index < -0.39 is 0 Å². The van der Waals surface area contributed by atoms with Crippen LogP contribution in [0, 0.1) is 12.8 Å². The fourth-order valence-electron chi connectivity index (χ4n) is 1.79. The summed E-state index contributed by atoms with van der Waals surface area (Å²) in [6, 6.07) is 1.72. The predicted octanol–water partition coefficient (Wildman–Crippen LogP) is 2.67. The Morgan fingerprint density at radius 3 is 2.78 bits per heavy atom. The number of nitrogens with two attached hydrogens (primary N) is 1. The zero-order valence-electron chi connectivity index (χ0n) is 11.6. The number of ether oxygens (including phenoxy) is 1. The van der Waals surface area contributed by atoms with Crippen molar-refractivity contribution in [2.45, 2.75) is 46.5 Å². The van der Waals surface area contributed by atoms with E-state index in [1.54, 1.807) is 6.07 Å². The van der Waals surface area contributed by atoms with Crippen LogP contribution in [0.5, 0.6) is 5.88 Å². The molecular formula is C13H24N4O. The summed E-state index contributed by atoms with van der Waals surface area (Å²) in [4.78, 5) is 8.36. The van der Waals surface area contributed by atoms with Gasteiger partial charge in [-0.15, -0.1) is 0 Å². The lowest BCUT2D eigenvalue weighted by Gasteiger charge is -2.15. The number of nitrogen functional groups attached to an aromatic ring is 1. The summed E-state index contributed by atoms with van der Waals surface area (Å²) >= 11 is 0. The monoisotopic (exact) mass is 252 g/mol. The first-order valence-electron chi connectivity index (χ1n) is 6.64. The van der Waals surface area contributed by atoms with Crippen molar-refractivity contribution in [3.8, 4) is 5.88 Å². The van der Waals surface area contributed by atoms with Crippen LogP contribution in [0.1, 0.15) is 45.4 Å². The third-order valence-electron chi connectivity index (χ3n) is 2.97. The molecule has 0 bridgehead atoms. The summed E-state index contributed by atoms with van der Waals surface area (Å²) in [5.41, 5.74) is 2.51. The molecule has 1 atom stereocenters. The highest BCUT2D eigenvalue weighted by Crippen LogP contribution is 2.17. The minimum absolute atomic E-state index is 0.583. The van der Waals surface area contributed by atoms with Gasteiger partial charge in [-0.3, -0.25) is 0 Å². The highest BCUT2D eigenvalue weighted by Gasteiger charge is 2.08. The first-order valence-corrected chi connectivity index (χ1v) is 6.64. The van der Waals surface area contributed by atoms with Crippen molar-refractivity contribution in [1.82, 2.24) is 9.97 Å². The fourth-order valence-corrected chi connectivity index (χ4v) is 1.79. The van der Waals surface area contributed by atoms with E-state index in [2.05, 4.69) is 29.2 Å². The zero-order valence-corrected chi connectivity index (χ0v) is 11.6.